The van der Waals surface area contributed by atoms with E-state index in [0.29, 0.717) is 34.5 Å². The minimum Gasteiger partial charge on any atom is -0.497 e. The van der Waals surface area contributed by atoms with Crippen LogP contribution >= 0.6 is 11.6 Å². The summed E-state index contributed by atoms with van der Waals surface area (Å²) in [5.41, 5.74) is 0.932. The zero-order valence-electron chi connectivity index (χ0n) is 11.7. The van der Waals surface area contributed by atoms with E-state index in [9.17, 15) is 4.79 Å². The number of ether oxygens (including phenoxy) is 2. The standard InChI is InChI=1S/C15H15ClN2O3/c1-3-21-14-7-4-10(9-17-14)15(19)18-13-6-5-11(20-2)8-12(13)16/h4-9H,3H2,1-2H3,(H,18,19). The molecular formula is C15H15ClN2O3. The summed E-state index contributed by atoms with van der Waals surface area (Å²) in [6, 6.07) is 8.32. The van der Waals surface area contributed by atoms with Crippen LogP contribution in [0.15, 0.2) is 36.5 Å². The quantitative estimate of drug-likeness (QED) is 0.919. The first-order valence-electron chi connectivity index (χ1n) is 6.37. The average Bonchev–Trinajstić information content (AvgIpc) is 2.50. The fraction of sp³-hybridized carbons (Fsp3) is 0.200. The van der Waals surface area contributed by atoms with Crippen molar-refractivity contribution in [1.29, 1.82) is 0 Å². The van der Waals surface area contributed by atoms with Crippen molar-refractivity contribution < 1.29 is 14.3 Å². The molecule has 0 spiro atoms. The lowest BCUT2D eigenvalue weighted by Gasteiger charge is -2.09. The lowest BCUT2D eigenvalue weighted by molar-refractivity contribution is 0.102. The SMILES string of the molecule is CCOc1ccc(C(=O)Nc2ccc(OC)cc2Cl)cn1. The first-order chi connectivity index (χ1) is 10.1. The normalized spacial score (nSPS) is 10.0. The van der Waals surface area contributed by atoms with E-state index in [1.54, 1.807) is 37.4 Å². The fourth-order valence-corrected chi connectivity index (χ4v) is 1.88. The van der Waals surface area contributed by atoms with E-state index in [1.807, 2.05) is 6.92 Å². The highest BCUT2D eigenvalue weighted by Gasteiger charge is 2.10. The van der Waals surface area contributed by atoms with Gasteiger partial charge in [0.25, 0.3) is 5.91 Å². The Balaban J connectivity index is 2.10. The lowest BCUT2D eigenvalue weighted by atomic mass is 10.2. The molecule has 1 aromatic heterocycles. The molecule has 0 aliphatic carbocycles. The van der Waals surface area contributed by atoms with Crippen LogP contribution in [0.5, 0.6) is 11.6 Å². The summed E-state index contributed by atoms with van der Waals surface area (Å²) >= 11 is 6.08. The number of halogens is 1. The molecule has 0 unspecified atom stereocenters. The first-order valence-corrected chi connectivity index (χ1v) is 6.75. The number of methoxy groups -OCH3 is 1. The Hall–Kier alpha value is -2.27. The summed E-state index contributed by atoms with van der Waals surface area (Å²) in [6.45, 7) is 2.40. The van der Waals surface area contributed by atoms with Gasteiger partial charge >= 0.3 is 0 Å². The zero-order valence-corrected chi connectivity index (χ0v) is 12.5. The molecule has 0 atom stereocenters. The van der Waals surface area contributed by atoms with Gasteiger partial charge in [0.15, 0.2) is 0 Å². The number of nitrogens with one attached hydrogen (secondary N) is 1. The van der Waals surface area contributed by atoms with Gasteiger partial charge in [-0.1, -0.05) is 11.6 Å². The van der Waals surface area contributed by atoms with Gasteiger partial charge in [-0.2, -0.15) is 0 Å². The van der Waals surface area contributed by atoms with Gasteiger partial charge in [0.05, 0.1) is 30.0 Å². The molecule has 21 heavy (non-hydrogen) atoms. The van der Waals surface area contributed by atoms with Crippen molar-refractivity contribution in [1.82, 2.24) is 4.98 Å². The minimum atomic E-state index is -0.294. The maximum Gasteiger partial charge on any atom is 0.257 e. The Kier molecular flexibility index (Phi) is 5.00. The van der Waals surface area contributed by atoms with E-state index in [4.69, 9.17) is 21.1 Å². The number of pyridine rings is 1. The molecule has 110 valence electrons. The van der Waals surface area contributed by atoms with Gasteiger partial charge in [0.1, 0.15) is 5.75 Å². The highest BCUT2D eigenvalue weighted by molar-refractivity contribution is 6.34. The second kappa shape index (κ2) is 6.95. The Labute approximate surface area is 127 Å². The Morgan fingerprint density at radius 2 is 2.14 bits per heavy atom. The summed E-state index contributed by atoms with van der Waals surface area (Å²) < 4.78 is 10.3. The van der Waals surface area contributed by atoms with Gasteiger partial charge in [-0.25, -0.2) is 4.98 Å². The molecule has 2 aromatic rings. The topological polar surface area (TPSA) is 60.5 Å². The number of amides is 1. The molecule has 1 N–H and O–H groups in total. The highest BCUT2D eigenvalue weighted by Crippen LogP contribution is 2.27. The molecule has 1 amide bonds. The molecule has 1 heterocycles. The van der Waals surface area contributed by atoms with Crippen molar-refractivity contribution >= 4 is 23.2 Å². The number of hydrogen-bond acceptors (Lipinski definition) is 4. The molecule has 0 aliphatic rings. The molecule has 6 heteroatoms. The van der Waals surface area contributed by atoms with E-state index in [-0.39, 0.29) is 5.91 Å². The molecule has 2 rings (SSSR count). The summed E-state index contributed by atoms with van der Waals surface area (Å²) in [5, 5.41) is 3.13. The highest BCUT2D eigenvalue weighted by atomic mass is 35.5. The van der Waals surface area contributed by atoms with Gasteiger partial charge in [-0.05, 0) is 25.1 Å². The van der Waals surface area contributed by atoms with Crippen LogP contribution in [0.2, 0.25) is 5.02 Å². The van der Waals surface area contributed by atoms with Crippen molar-refractivity contribution in [2.45, 2.75) is 6.92 Å². The minimum absolute atomic E-state index is 0.294. The number of hydrogen-bond donors (Lipinski definition) is 1. The predicted octanol–water partition coefficient (Wildman–Crippen LogP) is 3.39. The number of rotatable bonds is 5. The molecule has 0 saturated carbocycles. The maximum atomic E-state index is 12.1. The Morgan fingerprint density at radius 3 is 2.71 bits per heavy atom. The van der Waals surface area contributed by atoms with Crippen molar-refractivity contribution in [2.75, 3.05) is 19.0 Å². The van der Waals surface area contributed by atoms with Crippen LogP contribution in [0.25, 0.3) is 0 Å². The van der Waals surface area contributed by atoms with E-state index < -0.39 is 0 Å². The van der Waals surface area contributed by atoms with E-state index in [1.165, 1.54) is 6.20 Å². The second-order valence-electron chi connectivity index (χ2n) is 4.12. The molecule has 0 saturated heterocycles. The number of carbonyl (C=O) groups excluding carboxylic acids is 1. The number of nitrogens with zero attached hydrogens (tertiary/aromatic N) is 1. The molecule has 5 nitrogen and oxygen atoms in total. The monoisotopic (exact) mass is 306 g/mol. The fourth-order valence-electron chi connectivity index (χ4n) is 1.67. The average molecular weight is 307 g/mol. The third-order valence-corrected chi connectivity index (χ3v) is 3.03. The Bertz CT molecular complexity index is 629. The zero-order chi connectivity index (χ0) is 15.2. The largest absolute Gasteiger partial charge is 0.497 e. The van der Waals surface area contributed by atoms with Crippen molar-refractivity contribution in [3.05, 3.63) is 47.1 Å². The van der Waals surface area contributed by atoms with Crippen LogP contribution in [0, 0.1) is 0 Å². The molecular weight excluding hydrogens is 292 g/mol. The molecule has 1 aromatic carbocycles. The van der Waals surface area contributed by atoms with E-state index in [0.717, 1.165) is 0 Å². The number of benzene rings is 1. The molecule has 0 fully saturated rings. The summed E-state index contributed by atoms with van der Waals surface area (Å²) in [7, 11) is 1.55. The number of anilines is 1. The van der Waals surface area contributed by atoms with Crippen LogP contribution < -0.4 is 14.8 Å². The summed E-state index contributed by atoms with van der Waals surface area (Å²) in [4.78, 5) is 16.2. The number of carbonyl (C=O) groups is 1. The van der Waals surface area contributed by atoms with Gasteiger partial charge in [-0.3, -0.25) is 4.79 Å². The smallest absolute Gasteiger partial charge is 0.257 e. The van der Waals surface area contributed by atoms with Crippen LogP contribution in [0.1, 0.15) is 17.3 Å². The van der Waals surface area contributed by atoms with Crippen LogP contribution in [0.4, 0.5) is 5.69 Å². The molecule has 0 bridgehead atoms. The summed E-state index contributed by atoms with van der Waals surface area (Å²) in [6.07, 6.45) is 1.46. The first kappa shape index (κ1) is 15.1. The van der Waals surface area contributed by atoms with E-state index >= 15 is 0 Å². The second-order valence-corrected chi connectivity index (χ2v) is 4.53. The van der Waals surface area contributed by atoms with Crippen LogP contribution in [-0.2, 0) is 0 Å². The summed E-state index contributed by atoms with van der Waals surface area (Å²) in [5.74, 6) is 0.815. The predicted molar refractivity (Wildman–Crippen MR) is 81.4 cm³/mol. The van der Waals surface area contributed by atoms with Gasteiger partial charge < -0.3 is 14.8 Å². The van der Waals surface area contributed by atoms with Crippen LogP contribution in [-0.4, -0.2) is 24.6 Å². The van der Waals surface area contributed by atoms with Gasteiger partial charge in [0.2, 0.25) is 5.88 Å². The third-order valence-electron chi connectivity index (χ3n) is 2.72. The Morgan fingerprint density at radius 1 is 1.33 bits per heavy atom. The number of aromatic nitrogens is 1. The van der Waals surface area contributed by atoms with Crippen LogP contribution in [0.3, 0.4) is 0 Å². The van der Waals surface area contributed by atoms with E-state index in [2.05, 4.69) is 10.3 Å². The van der Waals surface area contributed by atoms with Gasteiger partial charge in [0, 0.05) is 18.3 Å². The van der Waals surface area contributed by atoms with Gasteiger partial charge in [-0.15, -0.1) is 0 Å². The molecule has 0 aliphatic heterocycles. The van der Waals surface area contributed by atoms with Crippen molar-refractivity contribution in [3.63, 3.8) is 0 Å². The van der Waals surface area contributed by atoms with Crippen molar-refractivity contribution in [3.8, 4) is 11.6 Å². The van der Waals surface area contributed by atoms with Crippen molar-refractivity contribution in [2.24, 2.45) is 0 Å². The third kappa shape index (κ3) is 3.86. The maximum absolute atomic E-state index is 12.1. The lowest BCUT2D eigenvalue weighted by Crippen LogP contribution is -2.12. The molecule has 0 radical (unpaired) electrons.